The molecule has 1 aromatic carbocycles. The zero-order valence-corrected chi connectivity index (χ0v) is 15.4. The number of carbonyl (C=O) groups excluding carboxylic acids is 1. The van der Waals surface area contributed by atoms with Crippen LogP contribution in [0.3, 0.4) is 0 Å². The summed E-state index contributed by atoms with van der Waals surface area (Å²) in [5.74, 6) is -0.472. The number of urea groups is 1. The molecule has 0 unspecified atom stereocenters. The summed E-state index contributed by atoms with van der Waals surface area (Å²) < 4.78 is 39.7. The van der Waals surface area contributed by atoms with Crippen molar-refractivity contribution in [1.82, 2.24) is 14.5 Å². The maximum Gasteiger partial charge on any atom is 0.317 e. The first-order valence-corrected chi connectivity index (χ1v) is 10.2. The minimum absolute atomic E-state index is 0.0753. The molecule has 1 heterocycles. The Morgan fingerprint density at radius 2 is 1.84 bits per heavy atom. The molecule has 1 N–H and O–H groups in total. The average Bonchev–Trinajstić information content (AvgIpc) is 2.85. The van der Waals surface area contributed by atoms with Crippen LogP contribution >= 0.6 is 0 Å². The fourth-order valence-electron chi connectivity index (χ4n) is 2.77. The first-order chi connectivity index (χ1) is 11.9. The molecular formula is C17H26FN3O3S. The molecule has 140 valence electrons. The van der Waals surface area contributed by atoms with E-state index < -0.39 is 15.8 Å². The summed E-state index contributed by atoms with van der Waals surface area (Å²) in [5.41, 5.74) is 0. The molecule has 0 radical (unpaired) electrons. The predicted octanol–water partition coefficient (Wildman–Crippen LogP) is 2.42. The Morgan fingerprint density at radius 3 is 2.52 bits per heavy atom. The maximum absolute atomic E-state index is 13.0. The largest absolute Gasteiger partial charge is 0.338 e. The number of hydrogen-bond donors (Lipinski definition) is 1. The van der Waals surface area contributed by atoms with Gasteiger partial charge in [-0.05, 0) is 37.1 Å². The maximum atomic E-state index is 13.0. The number of amides is 2. The zero-order valence-electron chi connectivity index (χ0n) is 14.6. The summed E-state index contributed by atoms with van der Waals surface area (Å²) in [6, 6.07) is 4.68. The molecule has 8 heteroatoms. The van der Waals surface area contributed by atoms with Gasteiger partial charge in [0, 0.05) is 32.7 Å². The number of unbranched alkanes of at least 4 members (excludes halogenated alkanes) is 2. The number of sulfonamides is 1. The quantitative estimate of drug-likeness (QED) is 0.781. The second kappa shape index (κ2) is 9.15. The van der Waals surface area contributed by atoms with E-state index >= 15 is 0 Å². The third-order valence-corrected chi connectivity index (χ3v) is 6.16. The standard InChI is InChI=1S/C17H26FN3O3S/c1-2-3-4-10-19-17(22)20-11-5-12-21(14-13-20)25(23,24)16-8-6-15(18)7-9-16/h6-9H,2-5,10-14H2,1H3,(H,19,22). The van der Waals surface area contributed by atoms with Gasteiger partial charge in [0.15, 0.2) is 0 Å². The number of nitrogens with zero attached hydrogens (tertiary/aromatic N) is 2. The molecule has 0 saturated carbocycles. The molecule has 0 spiro atoms. The Morgan fingerprint density at radius 1 is 1.12 bits per heavy atom. The van der Waals surface area contributed by atoms with Crippen molar-refractivity contribution in [3.63, 3.8) is 0 Å². The minimum Gasteiger partial charge on any atom is -0.338 e. The van der Waals surface area contributed by atoms with Crippen LogP contribution in [0.2, 0.25) is 0 Å². The second-order valence-electron chi connectivity index (χ2n) is 6.14. The van der Waals surface area contributed by atoms with Crippen LogP contribution in [0.1, 0.15) is 32.6 Å². The number of benzene rings is 1. The van der Waals surface area contributed by atoms with Crippen molar-refractivity contribution in [3.8, 4) is 0 Å². The van der Waals surface area contributed by atoms with Crippen LogP contribution in [-0.2, 0) is 10.0 Å². The van der Waals surface area contributed by atoms with Crippen molar-refractivity contribution >= 4 is 16.1 Å². The summed E-state index contributed by atoms with van der Waals surface area (Å²) in [7, 11) is -3.67. The molecule has 1 aliphatic heterocycles. The van der Waals surface area contributed by atoms with Gasteiger partial charge in [0.1, 0.15) is 5.82 Å². The molecule has 1 saturated heterocycles. The number of rotatable bonds is 6. The second-order valence-corrected chi connectivity index (χ2v) is 8.08. The third kappa shape index (κ3) is 5.40. The summed E-state index contributed by atoms with van der Waals surface area (Å²) in [4.78, 5) is 13.9. The highest BCUT2D eigenvalue weighted by Gasteiger charge is 2.28. The Balaban J connectivity index is 1.94. The van der Waals surface area contributed by atoms with Gasteiger partial charge in [0.05, 0.1) is 4.90 Å². The van der Waals surface area contributed by atoms with Gasteiger partial charge < -0.3 is 10.2 Å². The van der Waals surface area contributed by atoms with E-state index in [1.165, 1.54) is 16.4 Å². The van der Waals surface area contributed by atoms with E-state index in [9.17, 15) is 17.6 Å². The number of hydrogen-bond acceptors (Lipinski definition) is 3. The van der Waals surface area contributed by atoms with E-state index in [1.54, 1.807) is 4.90 Å². The number of halogens is 1. The predicted molar refractivity (Wildman–Crippen MR) is 94.3 cm³/mol. The molecule has 0 atom stereocenters. The van der Waals surface area contributed by atoms with Gasteiger partial charge in [-0.15, -0.1) is 0 Å². The SMILES string of the molecule is CCCCCNC(=O)N1CCCN(S(=O)(=O)c2ccc(F)cc2)CC1. The fraction of sp³-hybridized carbons (Fsp3) is 0.588. The summed E-state index contributed by atoms with van der Waals surface area (Å²) >= 11 is 0. The lowest BCUT2D eigenvalue weighted by molar-refractivity contribution is 0.200. The normalized spacial score (nSPS) is 16.5. The lowest BCUT2D eigenvalue weighted by atomic mass is 10.2. The molecule has 2 amide bonds. The minimum atomic E-state index is -3.67. The summed E-state index contributed by atoms with van der Waals surface area (Å²) in [6.07, 6.45) is 3.68. The van der Waals surface area contributed by atoms with Crippen LogP contribution in [0.15, 0.2) is 29.2 Å². The van der Waals surface area contributed by atoms with Crippen molar-refractivity contribution in [2.75, 3.05) is 32.7 Å². The lowest BCUT2D eigenvalue weighted by Gasteiger charge is -2.22. The summed E-state index contributed by atoms with van der Waals surface area (Å²) in [6.45, 7) is 4.20. The van der Waals surface area contributed by atoms with Gasteiger partial charge in [0.2, 0.25) is 10.0 Å². The van der Waals surface area contributed by atoms with E-state index in [2.05, 4.69) is 12.2 Å². The molecule has 1 fully saturated rings. The third-order valence-electron chi connectivity index (χ3n) is 4.25. The number of carbonyl (C=O) groups is 1. The molecular weight excluding hydrogens is 345 g/mol. The average molecular weight is 371 g/mol. The van der Waals surface area contributed by atoms with Gasteiger partial charge in [-0.2, -0.15) is 4.31 Å². The van der Waals surface area contributed by atoms with E-state index in [0.717, 1.165) is 31.4 Å². The van der Waals surface area contributed by atoms with E-state index in [0.29, 0.717) is 32.6 Å². The van der Waals surface area contributed by atoms with Crippen molar-refractivity contribution in [1.29, 1.82) is 0 Å². The molecule has 1 aliphatic rings. The van der Waals surface area contributed by atoms with Crippen molar-refractivity contribution in [2.45, 2.75) is 37.5 Å². The van der Waals surface area contributed by atoms with Gasteiger partial charge in [0.25, 0.3) is 0 Å². The fourth-order valence-corrected chi connectivity index (χ4v) is 4.24. The van der Waals surface area contributed by atoms with E-state index in [4.69, 9.17) is 0 Å². The highest BCUT2D eigenvalue weighted by molar-refractivity contribution is 7.89. The zero-order chi connectivity index (χ0) is 18.3. The number of nitrogens with one attached hydrogen (secondary N) is 1. The van der Waals surface area contributed by atoms with Gasteiger partial charge in [-0.3, -0.25) is 0 Å². The summed E-state index contributed by atoms with van der Waals surface area (Å²) in [5, 5.41) is 2.88. The highest BCUT2D eigenvalue weighted by atomic mass is 32.2. The highest BCUT2D eigenvalue weighted by Crippen LogP contribution is 2.18. The van der Waals surface area contributed by atoms with Crippen LogP contribution in [0, 0.1) is 5.82 Å². The first kappa shape index (κ1) is 19.7. The molecule has 0 bridgehead atoms. The van der Waals surface area contributed by atoms with Gasteiger partial charge in [-0.1, -0.05) is 19.8 Å². The van der Waals surface area contributed by atoms with Crippen LogP contribution in [0.4, 0.5) is 9.18 Å². The topological polar surface area (TPSA) is 69.7 Å². The van der Waals surface area contributed by atoms with Crippen LogP contribution in [-0.4, -0.2) is 56.4 Å². The molecule has 2 rings (SSSR count). The van der Waals surface area contributed by atoms with Crippen LogP contribution < -0.4 is 5.32 Å². The molecule has 6 nitrogen and oxygen atoms in total. The smallest absolute Gasteiger partial charge is 0.317 e. The van der Waals surface area contributed by atoms with Crippen LogP contribution in [0.25, 0.3) is 0 Å². The van der Waals surface area contributed by atoms with Crippen molar-refractivity contribution in [3.05, 3.63) is 30.1 Å². The molecule has 0 aliphatic carbocycles. The Labute approximate surface area is 149 Å². The molecule has 25 heavy (non-hydrogen) atoms. The van der Waals surface area contributed by atoms with Crippen molar-refractivity contribution < 1.29 is 17.6 Å². The van der Waals surface area contributed by atoms with Crippen molar-refractivity contribution in [2.24, 2.45) is 0 Å². The monoisotopic (exact) mass is 371 g/mol. The lowest BCUT2D eigenvalue weighted by Crippen LogP contribution is -2.42. The van der Waals surface area contributed by atoms with Gasteiger partial charge in [-0.25, -0.2) is 17.6 Å². The Bertz CT molecular complexity index is 664. The van der Waals surface area contributed by atoms with Crippen LogP contribution in [0.5, 0.6) is 0 Å². The van der Waals surface area contributed by atoms with E-state index in [-0.39, 0.29) is 17.5 Å². The first-order valence-electron chi connectivity index (χ1n) is 8.73. The van der Waals surface area contributed by atoms with E-state index in [1.807, 2.05) is 0 Å². The van der Waals surface area contributed by atoms with Gasteiger partial charge >= 0.3 is 6.03 Å². The molecule has 1 aromatic rings. The Hall–Kier alpha value is -1.67. The molecule has 0 aromatic heterocycles. The Kier molecular flexibility index (Phi) is 7.19.